The summed E-state index contributed by atoms with van der Waals surface area (Å²) in [5.41, 5.74) is 1.39. The number of nitriles is 1. The molecule has 1 aromatic carbocycles. The lowest BCUT2D eigenvalue weighted by Crippen LogP contribution is -2.03. The number of nitrogens with zero attached hydrogens (tertiary/aromatic N) is 7. The minimum atomic E-state index is 0.281. The van der Waals surface area contributed by atoms with Crippen LogP contribution in [0.5, 0.6) is 0 Å². The second kappa shape index (κ2) is 6.11. The molecule has 2 aromatic heterocycles. The van der Waals surface area contributed by atoms with Crippen molar-refractivity contribution in [1.82, 2.24) is 30.4 Å². The van der Waals surface area contributed by atoms with Crippen molar-refractivity contribution in [2.24, 2.45) is 0 Å². The topological polar surface area (TPSA) is 93.2 Å². The van der Waals surface area contributed by atoms with Gasteiger partial charge in [-0.15, -0.1) is 15.3 Å². The van der Waals surface area contributed by atoms with Crippen LogP contribution in [0.15, 0.2) is 52.6 Å². The Morgan fingerprint density at radius 2 is 1.90 bits per heavy atom. The summed E-state index contributed by atoms with van der Waals surface area (Å²) in [4.78, 5) is 0. The lowest BCUT2D eigenvalue weighted by molar-refractivity contribution is 0.602. The average Bonchev–Trinajstić information content (AvgIpc) is 2.96. The summed E-state index contributed by atoms with van der Waals surface area (Å²) in [5, 5.41) is 29.3. The van der Waals surface area contributed by atoms with E-state index in [4.69, 9.17) is 5.26 Å². The maximum atomic E-state index is 8.70. The second-order valence-corrected chi connectivity index (χ2v) is 5.06. The standard InChI is InChI=1S/C13H9N7S/c14-8-11-6-7-12(16-15-11)21-13-17-18-19-20(13)9-10-4-2-1-3-5-10/h1-7H,9H2. The van der Waals surface area contributed by atoms with Crippen molar-refractivity contribution in [2.45, 2.75) is 16.7 Å². The number of tetrazole rings is 1. The third-order valence-corrected chi connectivity index (χ3v) is 3.53. The van der Waals surface area contributed by atoms with E-state index in [-0.39, 0.29) is 5.69 Å². The van der Waals surface area contributed by atoms with E-state index in [1.54, 1.807) is 16.8 Å². The first-order valence-corrected chi connectivity index (χ1v) is 6.88. The maximum Gasteiger partial charge on any atom is 0.215 e. The van der Waals surface area contributed by atoms with Gasteiger partial charge in [-0.3, -0.25) is 0 Å². The molecule has 0 amide bonds. The molecule has 0 bridgehead atoms. The van der Waals surface area contributed by atoms with Crippen molar-refractivity contribution in [3.05, 3.63) is 53.7 Å². The number of benzene rings is 1. The van der Waals surface area contributed by atoms with Gasteiger partial charge in [-0.1, -0.05) is 30.3 Å². The molecule has 0 unspecified atom stereocenters. The van der Waals surface area contributed by atoms with E-state index in [1.807, 2.05) is 36.4 Å². The van der Waals surface area contributed by atoms with Gasteiger partial charge in [-0.05, 0) is 39.9 Å². The number of rotatable bonds is 4. The molecule has 7 nitrogen and oxygen atoms in total. The first kappa shape index (κ1) is 13.2. The molecule has 2 heterocycles. The van der Waals surface area contributed by atoms with Crippen molar-refractivity contribution in [3.63, 3.8) is 0 Å². The highest BCUT2D eigenvalue weighted by molar-refractivity contribution is 7.99. The van der Waals surface area contributed by atoms with Gasteiger partial charge in [0.25, 0.3) is 0 Å². The van der Waals surface area contributed by atoms with Crippen LogP contribution in [0.3, 0.4) is 0 Å². The van der Waals surface area contributed by atoms with Crippen LogP contribution in [0.4, 0.5) is 0 Å². The van der Waals surface area contributed by atoms with Gasteiger partial charge >= 0.3 is 0 Å². The fourth-order valence-corrected chi connectivity index (χ4v) is 2.34. The van der Waals surface area contributed by atoms with Gasteiger partial charge < -0.3 is 0 Å². The molecule has 0 saturated carbocycles. The largest absolute Gasteiger partial charge is 0.216 e. The Bertz CT molecular complexity index is 761. The smallest absolute Gasteiger partial charge is 0.215 e. The molecule has 21 heavy (non-hydrogen) atoms. The van der Waals surface area contributed by atoms with Gasteiger partial charge in [0.05, 0.1) is 6.54 Å². The molecule has 0 spiro atoms. The lowest BCUT2D eigenvalue weighted by atomic mass is 10.2. The van der Waals surface area contributed by atoms with E-state index in [1.165, 1.54) is 11.8 Å². The van der Waals surface area contributed by atoms with Crippen molar-refractivity contribution in [3.8, 4) is 6.07 Å². The summed E-state index contributed by atoms with van der Waals surface area (Å²) in [6, 6.07) is 15.2. The Morgan fingerprint density at radius 1 is 1.05 bits per heavy atom. The van der Waals surface area contributed by atoms with Crippen LogP contribution in [-0.2, 0) is 6.54 Å². The maximum absolute atomic E-state index is 8.70. The van der Waals surface area contributed by atoms with E-state index in [2.05, 4.69) is 25.7 Å². The van der Waals surface area contributed by atoms with E-state index >= 15 is 0 Å². The van der Waals surface area contributed by atoms with Crippen LogP contribution in [-0.4, -0.2) is 30.4 Å². The Hall–Kier alpha value is -2.79. The summed E-state index contributed by atoms with van der Waals surface area (Å²) < 4.78 is 1.69. The normalized spacial score (nSPS) is 10.2. The fourth-order valence-electron chi connectivity index (χ4n) is 1.65. The zero-order valence-corrected chi connectivity index (χ0v) is 11.6. The van der Waals surface area contributed by atoms with Crippen molar-refractivity contribution >= 4 is 11.8 Å². The van der Waals surface area contributed by atoms with Gasteiger partial charge in [0.2, 0.25) is 5.16 Å². The molecule has 0 saturated heterocycles. The third-order valence-electron chi connectivity index (χ3n) is 2.62. The minimum Gasteiger partial charge on any atom is -0.216 e. The highest BCUT2D eigenvalue weighted by Gasteiger charge is 2.10. The number of hydrogen-bond donors (Lipinski definition) is 0. The van der Waals surface area contributed by atoms with E-state index < -0.39 is 0 Å². The molecule has 0 fully saturated rings. The average molecular weight is 295 g/mol. The van der Waals surface area contributed by atoms with Gasteiger partial charge in [0.1, 0.15) is 11.1 Å². The van der Waals surface area contributed by atoms with Gasteiger partial charge in [0.15, 0.2) is 5.69 Å². The van der Waals surface area contributed by atoms with E-state index in [0.717, 1.165) is 5.56 Å². The molecule has 102 valence electrons. The molecule has 0 aliphatic rings. The molecular weight excluding hydrogens is 286 g/mol. The monoisotopic (exact) mass is 295 g/mol. The van der Waals surface area contributed by atoms with E-state index in [0.29, 0.717) is 16.7 Å². The summed E-state index contributed by atoms with van der Waals surface area (Å²) >= 11 is 1.30. The first-order valence-electron chi connectivity index (χ1n) is 6.07. The molecule has 0 radical (unpaired) electrons. The summed E-state index contributed by atoms with van der Waals surface area (Å²) in [7, 11) is 0. The summed E-state index contributed by atoms with van der Waals surface area (Å²) in [6.45, 7) is 0.583. The van der Waals surface area contributed by atoms with Crippen LogP contribution >= 0.6 is 11.8 Å². The molecule has 8 heteroatoms. The van der Waals surface area contributed by atoms with Crippen LogP contribution < -0.4 is 0 Å². The SMILES string of the molecule is N#Cc1ccc(Sc2nnnn2Cc2ccccc2)nn1. The van der Waals surface area contributed by atoms with Crippen LogP contribution in [0.25, 0.3) is 0 Å². The fraction of sp³-hybridized carbons (Fsp3) is 0.0769. The number of hydrogen-bond acceptors (Lipinski definition) is 7. The molecular formula is C13H9N7S. The zero-order chi connectivity index (χ0) is 14.5. The third kappa shape index (κ3) is 3.21. The number of aromatic nitrogens is 6. The Kier molecular flexibility index (Phi) is 3.84. The molecule has 0 aliphatic heterocycles. The Labute approximate surface area is 124 Å². The summed E-state index contributed by atoms with van der Waals surface area (Å²) in [5.74, 6) is 0. The predicted molar refractivity (Wildman–Crippen MR) is 74.2 cm³/mol. The summed E-state index contributed by atoms with van der Waals surface area (Å²) in [6.07, 6.45) is 0. The van der Waals surface area contributed by atoms with Gasteiger partial charge in [-0.25, -0.2) is 4.68 Å². The molecule has 3 rings (SSSR count). The zero-order valence-electron chi connectivity index (χ0n) is 10.8. The second-order valence-electron chi connectivity index (χ2n) is 4.08. The van der Waals surface area contributed by atoms with Crippen LogP contribution in [0.1, 0.15) is 11.3 Å². The van der Waals surface area contributed by atoms with Gasteiger partial charge in [0, 0.05) is 0 Å². The first-order chi connectivity index (χ1) is 10.3. The van der Waals surface area contributed by atoms with Crippen molar-refractivity contribution in [2.75, 3.05) is 0 Å². The van der Waals surface area contributed by atoms with Gasteiger partial charge in [-0.2, -0.15) is 5.26 Å². The predicted octanol–water partition coefficient (Wildman–Crippen LogP) is 1.53. The highest BCUT2D eigenvalue weighted by Crippen LogP contribution is 2.23. The highest BCUT2D eigenvalue weighted by atomic mass is 32.2. The molecule has 0 atom stereocenters. The van der Waals surface area contributed by atoms with Crippen LogP contribution in [0.2, 0.25) is 0 Å². The van der Waals surface area contributed by atoms with Crippen molar-refractivity contribution < 1.29 is 0 Å². The molecule has 0 N–H and O–H groups in total. The van der Waals surface area contributed by atoms with Crippen LogP contribution in [0, 0.1) is 11.3 Å². The Balaban J connectivity index is 1.77. The minimum absolute atomic E-state index is 0.281. The quantitative estimate of drug-likeness (QED) is 0.720. The lowest BCUT2D eigenvalue weighted by Gasteiger charge is -2.03. The molecule has 3 aromatic rings. The molecule has 0 aliphatic carbocycles. The van der Waals surface area contributed by atoms with E-state index in [9.17, 15) is 0 Å². The Morgan fingerprint density at radius 3 is 2.62 bits per heavy atom. The van der Waals surface area contributed by atoms with Crippen molar-refractivity contribution in [1.29, 1.82) is 5.26 Å².